The molecule has 14 heteroatoms. The molecule has 0 unspecified atom stereocenters. The SMILES string of the molecule is CC(C)(C)OC(=O)CC[C@H](NC(=O)[C@H](CC(=O)OC(C)(C)C)NC(=O)OCc1ccccc1)C(=O)Nc1cccc(C(F)(F)F)c1. The monoisotopic (exact) mass is 651 g/mol. The molecule has 3 amide bonds. The molecule has 2 atom stereocenters. The normalized spacial score (nSPS) is 13.1. The summed E-state index contributed by atoms with van der Waals surface area (Å²) >= 11 is 0. The standard InChI is InChI=1S/C32H40F3N3O8/c1-30(2,3)45-25(39)16-15-23(27(41)36-22-14-10-13-21(17-22)32(33,34)35)37-28(42)24(18-26(40)46-31(4,5)6)38-29(43)44-19-20-11-8-7-9-12-20/h7-14,17,23-24H,15-16,18-19H2,1-6H3,(H,36,41)(H,37,42)(H,38,43)/t23-,24-/m0/s1. The first-order valence-corrected chi connectivity index (χ1v) is 14.4. The molecule has 46 heavy (non-hydrogen) atoms. The summed E-state index contributed by atoms with van der Waals surface area (Å²) in [7, 11) is 0. The lowest BCUT2D eigenvalue weighted by molar-refractivity contribution is -0.156. The van der Waals surface area contributed by atoms with Crippen molar-refractivity contribution in [2.75, 3.05) is 5.32 Å². The van der Waals surface area contributed by atoms with Crippen LogP contribution in [0, 0.1) is 0 Å². The van der Waals surface area contributed by atoms with E-state index in [0.29, 0.717) is 11.6 Å². The number of amides is 3. The number of halogens is 3. The first kappa shape index (κ1) is 37.6. The number of carbonyl (C=O) groups is 5. The predicted octanol–water partition coefficient (Wildman–Crippen LogP) is 5.28. The molecule has 0 aliphatic rings. The van der Waals surface area contributed by atoms with E-state index in [1.165, 1.54) is 6.07 Å². The molecular formula is C32H40F3N3O8. The van der Waals surface area contributed by atoms with Crippen LogP contribution in [0.15, 0.2) is 54.6 Å². The van der Waals surface area contributed by atoms with E-state index in [1.54, 1.807) is 71.9 Å². The van der Waals surface area contributed by atoms with E-state index in [0.717, 1.165) is 12.1 Å². The highest BCUT2D eigenvalue weighted by atomic mass is 19.4. The number of esters is 2. The number of hydrogen-bond donors (Lipinski definition) is 3. The van der Waals surface area contributed by atoms with Gasteiger partial charge in [0.05, 0.1) is 12.0 Å². The summed E-state index contributed by atoms with van der Waals surface area (Å²) in [5.41, 5.74) is -2.36. The zero-order valence-electron chi connectivity index (χ0n) is 26.6. The summed E-state index contributed by atoms with van der Waals surface area (Å²) in [5.74, 6) is -3.53. The van der Waals surface area contributed by atoms with Crippen LogP contribution in [-0.4, -0.2) is 53.1 Å². The number of rotatable bonds is 12. The maximum absolute atomic E-state index is 13.4. The number of alkyl halides is 3. The van der Waals surface area contributed by atoms with E-state index in [4.69, 9.17) is 14.2 Å². The third-order valence-electron chi connectivity index (χ3n) is 5.76. The third kappa shape index (κ3) is 14.4. The Balaban J connectivity index is 2.28. The van der Waals surface area contributed by atoms with Crippen molar-refractivity contribution in [3.05, 3.63) is 65.7 Å². The van der Waals surface area contributed by atoms with E-state index in [9.17, 15) is 37.1 Å². The maximum atomic E-state index is 13.4. The third-order valence-corrected chi connectivity index (χ3v) is 5.76. The fourth-order valence-corrected chi connectivity index (χ4v) is 3.86. The van der Waals surface area contributed by atoms with E-state index >= 15 is 0 Å². The van der Waals surface area contributed by atoms with Crippen LogP contribution in [0.3, 0.4) is 0 Å². The Hall–Kier alpha value is -4.62. The molecule has 2 rings (SSSR count). The van der Waals surface area contributed by atoms with Crippen LogP contribution in [0.2, 0.25) is 0 Å². The smallest absolute Gasteiger partial charge is 0.416 e. The van der Waals surface area contributed by atoms with Crippen LogP contribution in [0.1, 0.15) is 71.9 Å². The topological polar surface area (TPSA) is 149 Å². The molecule has 2 aromatic carbocycles. The molecule has 0 saturated heterocycles. The molecule has 0 radical (unpaired) electrons. The average molecular weight is 652 g/mol. The fourth-order valence-electron chi connectivity index (χ4n) is 3.86. The summed E-state index contributed by atoms with van der Waals surface area (Å²) in [6.07, 6.45) is -7.07. The van der Waals surface area contributed by atoms with Crippen molar-refractivity contribution in [2.45, 2.75) is 96.9 Å². The van der Waals surface area contributed by atoms with Crippen molar-refractivity contribution in [2.24, 2.45) is 0 Å². The summed E-state index contributed by atoms with van der Waals surface area (Å²) in [5, 5.41) is 7.00. The quantitative estimate of drug-likeness (QED) is 0.208. The summed E-state index contributed by atoms with van der Waals surface area (Å²) in [6, 6.07) is 9.39. The first-order chi connectivity index (χ1) is 21.2. The van der Waals surface area contributed by atoms with Gasteiger partial charge in [0.1, 0.15) is 29.9 Å². The number of carbonyl (C=O) groups excluding carboxylic acids is 5. The van der Waals surface area contributed by atoms with Crippen LogP contribution in [0.4, 0.5) is 23.7 Å². The van der Waals surface area contributed by atoms with Gasteiger partial charge in [-0.1, -0.05) is 36.4 Å². The van der Waals surface area contributed by atoms with Crippen LogP contribution >= 0.6 is 0 Å². The number of nitrogens with one attached hydrogen (secondary N) is 3. The Morgan fingerprint density at radius 2 is 1.35 bits per heavy atom. The number of hydrogen-bond acceptors (Lipinski definition) is 8. The number of benzene rings is 2. The molecule has 2 aromatic rings. The second-order valence-corrected chi connectivity index (χ2v) is 12.3. The first-order valence-electron chi connectivity index (χ1n) is 14.4. The van der Waals surface area contributed by atoms with Gasteiger partial charge in [-0.2, -0.15) is 13.2 Å². The molecule has 0 fully saturated rings. The molecule has 0 heterocycles. The van der Waals surface area contributed by atoms with Crippen LogP contribution in [0.25, 0.3) is 0 Å². The van der Waals surface area contributed by atoms with Gasteiger partial charge in [-0.3, -0.25) is 19.2 Å². The van der Waals surface area contributed by atoms with Gasteiger partial charge in [-0.25, -0.2) is 4.79 Å². The van der Waals surface area contributed by atoms with Gasteiger partial charge in [0.25, 0.3) is 0 Å². The second-order valence-electron chi connectivity index (χ2n) is 12.3. The fraction of sp³-hybridized carbons (Fsp3) is 0.469. The molecule has 0 aliphatic heterocycles. The lowest BCUT2D eigenvalue weighted by Gasteiger charge is -2.25. The van der Waals surface area contributed by atoms with Gasteiger partial charge in [0.15, 0.2) is 0 Å². The van der Waals surface area contributed by atoms with Crippen molar-refractivity contribution in [1.29, 1.82) is 0 Å². The largest absolute Gasteiger partial charge is 0.460 e. The van der Waals surface area contributed by atoms with Crippen molar-refractivity contribution >= 4 is 35.5 Å². The van der Waals surface area contributed by atoms with Crippen LogP contribution < -0.4 is 16.0 Å². The summed E-state index contributed by atoms with van der Waals surface area (Å²) < 4.78 is 55.4. The Morgan fingerprint density at radius 1 is 0.739 bits per heavy atom. The molecule has 3 N–H and O–H groups in total. The highest BCUT2D eigenvalue weighted by Crippen LogP contribution is 2.30. The average Bonchev–Trinajstić information content (AvgIpc) is 2.92. The minimum absolute atomic E-state index is 0.147. The highest BCUT2D eigenvalue weighted by Gasteiger charge is 2.33. The van der Waals surface area contributed by atoms with Crippen LogP contribution in [-0.2, 0) is 46.2 Å². The van der Waals surface area contributed by atoms with Crippen molar-refractivity contribution in [3.8, 4) is 0 Å². The lowest BCUT2D eigenvalue weighted by Crippen LogP contribution is -2.53. The lowest BCUT2D eigenvalue weighted by atomic mass is 10.1. The van der Waals surface area contributed by atoms with Gasteiger partial charge in [0, 0.05) is 12.1 Å². The van der Waals surface area contributed by atoms with Gasteiger partial charge in [-0.15, -0.1) is 0 Å². The molecule has 0 aliphatic carbocycles. The van der Waals surface area contributed by atoms with E-state index in [-0.39, 0.29) is 25.1 Å². The summed E-state index contributed by atoms with van der Waals surface area (Å²) in [4.78, 5) is 64.4. The van der Waals surface area contributed by atoms with E-state index in [1.807, 2.05) is 0 Å². The Morgan fingerprint density at radius 3 is 1.93 bits per heavy atom. The van der Waals surface area contributed by atoms with Gasteiger partial charge in [0.2, 0.25) is 11.8 Å². The van der Waals surface area contributed by atoms with Crippen molar-refractivity contribution in [3.63, 3.8) is 0 Å². The van der Waals surface area contributed by atoms with Crippen molar-refractivity contribution < 1.29 is 51.4 Å². The number of ether oxygens (including phenoxy) is 3. The minimum atomic E-state index is -4.68. The molecule has 0 saturated carbocycles. The zero-order valence-corrected chi connectivity index (χ0v) is 26.6. The molecule has 11 nitrogen and oxygen atoms in total. The second kappa shape index (κ2) is 16.1. The zero-order chi connectivity index (χ0) is 34.7. The summed E-state index contributed by atoms with van der Waals surface area (Å²) in [6.45, 7) is 9.56. The molecular weight excluding hydrogens is 611 g/mol. The Bertz CT molecular complexity index is 1370. The van der Waals surface area contributed by atoms with Crippen LogP contribution in [0.5, 0.6) is 0 Å². The predicted molar refractivity (Wildman–Crippen MR) is 161 cm³/mol. The molecule has 0 bridgehead atoms. The van der Waals surface area contributed by atoms with E-state index < -0.39 is 71.3 Å². The molecule has 252 valence electrons. The van der Waals surface area contributed by atoms with Crippen molar-refractivity contribution in [1.82, 2.24) is 10.6 Å². The van der Waals surface area contributed by atoms with E-state index in [2.05, 4.69) is 16.0 Å². The Labute approximate surface area is 265 Å². The Kier molecular flexibility index (Phi) is 13.1. The maximum Gasteiger partial charge on any atom is 0.416 e. The molecule has 0 aromatic heterocycles. The minimum Gasteiger partial charge on any atom is -0.460 e. The number of alkyl carbamates (subject to hydrolysis) is 1. The van der Waals surface area contributed by atoms with Gasteiger partial charge >= 0.3 is 24.2 Å². The van der Waals surface area contributed by atoms with Gasteiger partial charge < -0.3 is 30.2 Å². The number of anilines is 1. The van der Waals surface area contributed by atoms with Gasteiger partial charge in [-0.05, 0) is 71.7 Å². The molecule has 0 spiro atoms. The highest BCUT2D eigenvalue weighted by molar-refractivity contribution is 5.99.